The van der Waals surface area contributed by atoms with E-state index in [9.17, 15) is 0 Å². The Hall–Kier alpha value is -2.07. The Balaban J connectivity index is 1.57. The minimum absolute atomic E-state index is 0.536. The van der Waals surface area contributed by atoms with E-state index in [0.717, 1.165) is 18.2 Å². The predicted molar refractivity (Wildman–Crippen MR) is 137 cm³/mol. The fraction of sp³-hybridized carbons (Fsp3) is 0.519. The smallest absolute Gasteiger partial charge is 0.173 e. The lowest BCUT2D eigenvalue weighted by atomic mass is 9.98. The van der Waals surface area contributed by atoms with Crippen molar-refractivity contribution in [3.05, 3.63) is 58.1 Å². The van der Waals surface area contributed by atoms with Crippen LogP contribution in [-0.2, 0) is 13.0 Å². The molecule has 1 N–H and O–H groups in total. The van der Waals surface area contributed by atoms with Gasteiger partial charge in [0.05, 0.1) is 0 Å². The molecule has 3 nitrogen and oxygen atoms in total. The number of thiocarbonyl (C=S) groups is 1. The van der Waals surface area contributed by atoms with E-state index in [1.54, 1.807) is 0 Å². The number of benzene rings is 2. The molecule has 0 bridgehead atoms. The van der Waals surface area contributed by atoms with Crippen molar-refractivity contribution in [1.29, 1.82) is 0 Å². The number of nitrogens with one attached hydrogen (secondary N) is 1. The second kappa shape index (κ2) is 9.60. The second-order valence-electron chi connectivity index (χ2n) is 9.42. The molecule has 166 valence electrons. The van der Waals surface area contributed by atoms with Crippen molar-refractivity contribution in [3.8, 4) is 0 Å². The van der Waals surface area contributed by atoms with Crippen molar-refractivity contribution in [2.75, 3.05) is 23.3 Å². The molecule has 4 heteroatoms. The van der Waals surface area contributed by atoms with Crippen LogP contribution in [0.1, 0.15) is 66.8 Å². The van der Waals surface area contributed by atoms with Crippen LogP contribution in [0.3, 0.4) is 0 Å². The van der Waals surface area contributed by atoms with Crippen LogP contribution >= 0.6 is 12.2 Å². The molecule has 1 aliphatic heterocycles. The molecular weight excluding hydrogens is 398 g/mol. The zero-order valence-corrected chi connectivity index (χ0v) is 20.4. The third-order valence-electron chi connectivity index (χ3n) is 7.03. The maximum Gasteiger partial charge on any atom is 0.173 e. The Morgan fingerprint density at radius 3 is 2.45 bits per heavy atom. The minimum atomic E-state index is 0.536. The summed E-state index contributed by atoms with van der Waals surface area (Å²) >= 11 is 6.01. The van der Waals surface area contributed by atoms with Crippen molar-refractivity contribution in [2.24, 2.45) is 0 Å². The van der Waals surface area contributed by atoms with Gasteiger partial charge in [0.2, 0.25) is 0 Å². The van der Waals surface area contributed by atoms with Crippen molar-refractivity contribution < 1.29 is 0 Å². The SMILES string of the molecule is CCN1CCCc2cc(CN(C(=S)Nc3c(C)cc(C)cc3C)C3CCCC3)ccc21. The molecule has 1 heterocycles. The van der Waals surface area contributed by atoms with Gasteiger partial charge in [-0.1, -0.05) is 42.7 Å². The third-order valence-corrected chi connectivity index (χ3v) is 7.37. The molecule has 1 aliphatic carbocycles. The van der Waals surface area contributed by atoms with Gasteiger partial charge in [0, 0.05) is 37.1 Å². The van der Waals surface area contributed by atoms with Crippen molar-refractivity contribution in [2.45, 2.75) is 78.8 Å². The van der Waals surface area contributed by atoms with Crippen LogP contribution in [0.25, 0.3) is 0 Å². The average molecular weight is 436 g/mol. The summed E-state index contributed by atoms with van der Waals surface area (Å²) in [5.74, 6) is 0. The molecule has 0 amide bonds. The summed E-state index contributed by atoms with van der Waals surface area (Å²) in [7, 11) is 0. The van der Waals surface area contributed by atoms with Gasteiger partial charge in [0.15, 0.2) is 5.11 Å². The Kier molecular flexibility index (Phi) is 6.86. The van der Waals surface area contributed by atoms with Crippen LogP contribution in [-0.4, -0.2) is 29.1 Å². The molecule has 0 atom stereocenters. The molecule has 0 unspecified atom stereocenters. The predicted octanol–water partition coefficient (Wildman–Crippen LogP) is 6.53. The van der Waals surface area contributed by atoms with Gasteiger partial charge >= 0.3 is 0 Å². The van der Waals surface area contributed by atoms with Crippen LogP contribution in [0.2, 0.25) is 0 Å². The molecule has 2 aliphatic rings. The van der Waals surface area contributed by atoms with E-state index < -0.39 is 0 Å². The molecule has 0 radical (unpaired) electrons. The van der Waals surface area contributed by atoms with Gasteiger partial charge in [0.1, 0.15) is 0 Å². The summed E-state index contributed by atoms with van der Waals surface area (Å²) in [6.45, 7) is 11.9. The first-order valence-corrected chi connectivity index (χ1v) is 12.4. The summed E-state index contributed by atoms with van der Waals surface area (Å²) < 4.78 is 0. The number of rotatable bonds is 5. The van der Waals surface area contributed by atoms with Gasteiger partial charge in [0.25, 0.3) is 0 Å². The fourth-order valence-electron chi connectivity index (χ4n) is 5.49. The van der Waals surface area contributed by atoms with Gasteiger partial charge in [-0.15, -0.1) is 0 Å². The Morgan fingerprint density at radius 1 is 1.06 bits per heavy atom. The van der Waals surface area contributed by atoms with Gasteiger partial charge < -0.3 is 15.1 Å². The lowest BCUT2D eigenvalue weighted by Crippen LogP contribution is -2.41. The van der Waals surface area contributed by atoms with Crippen LogP contribution < -0.4 is 10.2 Å². The van der Waals surface area contributed by atoms with Crippen molar-refractivity contribution in [1.82, 2.24) is 4.90 Å². The zero-order chi connectivity index (χ0) is 22.0. The first kappa shape index (κ1) is 22.1. The first-order chi connectivity index (χ1) is 15.0. The highest BCUT2D eigenvalue weighted by atomic mass is 32.1. The van der Waals surface area contributed by atoms with E-state index >= 15 is 0 Å². The summed E-state index contributed by atoms with van der Waals surface area (Å²) in [4.78, 5) is 4.97. The molecule has 2 aromatic carbocycles. The topological polar surface area (TPSA) is 18.5 Å². The van der Waals surface area contributed by atoms with Crippen LogP contribution in [0.5, 0.6) is 0 Å². The van der Waals surface area contributed by atoms with Gasteiger partial charge in [-0.2, -0.15) is 0 Å². The largest absolute Gasteiger partial charge is 0.372 e. The van der Waals surface area contributed by atoms with E-state index in [-0.39, 0.29) is 0 Å². The third kappa shape index (κ3) is 4.90. The molecule has 31 heavy (non-hydrogen) atoms. The monoisotopic (exact) mass is 435 g/mol. The molecule has 1 saturated carbocycles. The van der Waals surface area contributed by atoms with E-state index in [2.05, 4.69) is 73.1 Å². The first-order valence-electron chi connectivity index (χ1n) is 12.0. The van der Waals surface area contributed by atoms with Crippen LogP contribution in [0.15, 0.2) is 30.3 Å². The van der Waals surface area contributed by atoms with Gasteiger partial charge in [-0.05, 0) is 93.9 Å². The summed E-state index contributed by atoms with van der Waals surface area (Å²) in [5.41, 5.74) is 9.30. The summed E-state index contributed by atoms with van der Waals surface area (Å²) in [6, 6.07) is 12.1. The van der Waals surface area contributed by atoms with E-state index in [1.165, 1.54) is 84.3 Å². The molecule has 0 spiro atoms. The van der Waals surface area contributed by atoms with Crippen LogP contribution in [0, 0.1) is 20.8 Å². The highest BCUT2D eigenvalue weighted by Gasteiger charge is 2.26. The number of hydrogen-bond acceptors (Lipinski definition) is 2. The normalized spacial score (nSPS) is 16.3. The molecular formula is C27H37N3S. The number of aryl methyl sites for hydroxylation is 4. The van der Waals surface area contributed by atoms with Gasteiger partial charge in [-0.3, -0.25) is 0 Å². The molecule has 1 fully saturated rings. The zero-order valence-electron chi connectivity index (χ0n) is 19.6. The number of fused-ring (bicyclic) bond motifs is 1. The van der Waals surface area contributed by atoms with Crippen LogP contribution in [0.4, 0.5) is 11.4 Å². The molecule has 0 saturated heterocycles. The fourth-order valence-corrected chi connectivity index (χ4v) is 5.81. The maximum absolute atomic E-state index is 6.01. The van der Waals surface area contributed by atoms with E-state index in [4.69, 9.17) is 12.2 Å². The molecule has 0 aromatic heterocycles. The standard InChI is InChI=1S/C27H37N3S/c1-5-29-14-8-9-23-17-22(12-13-25(23)29)18-30(24-10-6-7-11-24)27(31)28-26-20(3)15-19(2)16-21(26)4/h12-13,15-17,24H,5-11,14,18H2,1-4H3,(H,28,31). The lowest BCUT2D eigenvalue weighted by molar-refractivity contribution is 0.312. The average Bonchev–Trinajstić information content (AvgIpc) is 3.28. The highest BCUT2D eigenvalue weighted by molar-refractivity contribution is 7.80. The number of anilines is 2. The molecule has 4 rings (SSSR count). The quantitative estimate of drug-likeness (QED) is 0.538. The van der Waals surface area contributed by atoms with E-state index in [0.29, 0.717) is 6.04 Å². The van der Waals surface area contributed by atoms with Crippen molar-refractivity contribution in [3.63, 3.8) is 0 Å². The number of hydrogen-bond donors (Lipinski definition) is 1. The minimum Gasteiger partial charge on any atom is -0.372 e. The maximum atomic E-state index is 6.01. The lowest BCUT2D eigenvalue weighted by Gasteiger charge is -2.34. The van der Waals surface area contributed by atoms with Gasteiger partial charge in [-0.25, -0.2) is 0 Å². The van der Waals surface area contributed by atoms with Crippen molar-refractivity contribution >= 4 is 28.7 Å². The number of nitrogens with zero attached hydrogens (tertiary/aromatic N) is 2. The summed E-state index contributed by atoms with van der Waals surface area (Å²) in [5, 5.41) is 4.50. The Labute approximate surface area is 193 Å². The van der Waals surface area contributed by atoms with E-state index in [1.807, 2.05) is 0 Å². The molecule has 2 aromatic rings. The summed E-state index contributed by atoms with van der Waals surface area (Å²) in [6.07, 6.45) is 7.53. The Bertz CT molecular complexity index is 922. The second-order valence-corrected chi connectivity index (χ2v) is 9.80. The highest BCUT2D eigenvalue weighted by Crippen LogP contribution is 2.31. The Morgan fingerprint density at radius 2 is 1.77 bits per heavy atom.